The summed E-state index contributed by atoms with van der Waals surface area (Å²) in [5.74, 6) is 0. The Bertz CT molecular complexity index is 381. The molecule has 0 spiro atoms. The lowest BCUT2D eigenvalue weighted by molar-refractivity contribution is 0.455. The zero-order valence-electron chi connectivity index (χ0n) is 10.3. The molecule has 2 unspecified atom stereocenters. The highest BCUT2D eigenvalue weighted by Gasteiger charge is 2.22. The quantitative estimate of drug-likeness (QED) is 0.758. The van der Waals surface area contributed by atoms with Gasteiger partial charge in [0.1, 0.15) is 0 Å². The molecule has 1 aromatic carbocycles. The molecule has 16 heavy (non-hydrogen) atoms. The number of benzene rings is 1. The maximum atomic E-state index is 3.79. The summed E-state index contributed by atoms with van der Waals surface area (Å²) in [6.45, 7) is 8.19. The van der Waals surface area contributed by atoms with Crippen molar-refractivity contribution in [3.05, 3.63) is 47.5 Å². The van der Waals surface area contributed by atoms with E-state index < -0.39 is 0 Å². The van der Waals surface area contributed by atoms with Gasteiger partial charge in [0.2, 0.25) is 0 Å². The summed E-state index contributed by atoms with van der Waals surface area (Å²) in [4.78, 5) is 0. The molecule has 1 aliphatic carbocycles. The van der Waals surface area contributed by atoms with Crippen LogP contribution in [0.25, 0.3) is 0 Å². The van der Waals surface area contributed by atoms with Gasteiger partial charge in [-0.3, -0.25) is 0 Å². The molecule has 0 heterocycles. The van der Waals surface area contributed by atoms with Gasteiger partial charge in [-0.15, -0.1) is 6.58 Å². The van der Waals surface area contributed by atoms with Crippen molar-refractivity contribution in [3.63, 3.8) is 0 Å². The summed E-state index contributed by atoms with van der Waals surface area (Å²) in [6, 6.07) is 7.90. The van der Waals surface area contributed by atoms with Gasteiger partial charge in [-0.2, -0.15) is 0 Å². The molecule has 0 aliphatic heterocycles. The minimum Gasteiger partial charge on any atom is -0.307 e. The van der Waals surface area contributed by atoms with Crippen molar-refractivity contribution in [2.75, 3.05) is 0 Å². The van der Waals surface area contributed by atoms with E-state index in [0.29, 0.717) is 12.1 Å². The number of aryl methyl sites for hydroxylation is 2. The standard InChI is InChI=1S/C15H21N/c1-4-5-12(3)16-15-9-8-13-7-6-11(2)10-14(13)15/h4,6-7,10,12,15-16H,1,5,8-9H2,2-3H3. The second-order valence-corrected chi connectivity index (χ2v) is 4.89. The lowest BCUT2D eigenvalue weighted by atomic mass is 10.0. The smallest absolute Gasteiger partial charge is 0.0328 e. The predicted molar refractivity (Wildman–Crippen MR) is 69.7 cm³/mol. The van der Waals surface area contributed by atoms with E-state index in [4.69, 9.17) is 0 Å². The van der Waals surface area contributed by atoms with Crippen LogP contribution in [0.2, 0.25) is 0 Å². The molecule has 2 rings (SSSR count). The minimum atomic E-state index is 0.522. The van der Waals surface area contributed by atoms with E-state index in [9.17, 15) is 0 Å². The molecule has 0 aromatic heterocycles. The third-order valence-electron chi connectivity index (χ3n) is 3.39. The Morgan fingerprint density at radius 3 is 3.12 bits per heavy atom. The van der Waals surface area contributed by atoms with E-state index in [1.807, 2.05) is 6.08 Å². The van der Waals surface area contributed by atoms with Gasteiger partial charge in [0, 0.05) is 12.1 Å². The van der Waals surface area contributed by atoms with E-state index >= 15 is 0 Å². The van der Waals surface area contributed by atoms with Gasteiger partial charge in [-0.1, -0.05) is 29.8 Å². The highest BCUT2D eigenvalue weighted by atomic mass is 14.9. The van der Waals surface area contributed by atoms with Gasteiger partial charge in [-0.25, -0.2) is 0 Å². The monoisotopic (exact) mass is 215 g/mol. The number of rotatable bonds is 4. The van der Waals surface area contributed by atoms with Crippen molar-refractivity contribution < 1.29 is 0 Å². The first-order valence-corrected chi connectivity index (χ1v) is 6.17. The fourth-order valence-corrected chi connectivity index (χ4v) is 2.56. The van der Waals surface area contributed by atoms with Crippen LogP contribution in [0.4, 0.5) is 0 Å². The van der Waals surface area contributed by atoms with Crippen molar-refractivity contribution >= 4 is 0 Å². The molecule has 86 valence electrons. The van der Waals surface area contributed by atoms with Crippen LogP contribution in [0.1, 0.15) is 42.5 Å². The Morgan fingerprint density at radius 2 is 2.38 bits per heavy atom. The Morgan fingerprint density at radius 1 is 1.56 bits per heavy atom. The van der Waals surface area contributed by atoms with Gasteiger partial charge in [0.05, 0.1) is 0 Å². The summed E-state index contributed by atoms with van der Waals surface area (Å²) < 4.78 is 0. The Hall–Kier alpha value is -1.08. The number of hydrogen-bond donors (Lipinski definition) is 1. The zero-order chi connectivity index (χ0) is 11.5. The van der Waals surface area contributed by atoms with Crippen LogP contribution in [-0.2, 0) is 6.42 Å². The molecular weight excluding hydrogens is 194 g/mol. The van der Waals surface area contributed by atoms with Crippen molar-refractivity contribution in [2.24, 2.45) is 0 Å². The first-order valence-electron chi connectivity index (χ1n) is 6.17. The highest BCUT2D eigenvalue weighted by Crippen LogP contribution is 2.32. The number of nitrogens with one attached hydrogen (secondary N) is 1. The summed E-state index contributed by atoms with van der Waals surface area (Å²) in [5, 5.41) is 3.69. The Kier molecular flexibility index (Phi) is 3.45. The van der Waals surface area contributed by atoms with Crippen molar-refractivity contribution in [2.45, 2.75) is 45.2 Å². The van der Waals surface area contributed by atoms with Gasteiger partial charge < -0.3 is 5.32 Å². The van der Waals surface area contributed by atoms with E-state index in [-0.39, 0.29) is 0 Å². The maximum absolute atomic E-state index is 3.79. The molecule has 2 atom stereocenters. The fraction of sp³-hybridized carbons (Fsp3) is 0.467. The largest absolute Gasteiger partial charge is 0.307 e. The number of hydrogen-bond acceptors (Lipinski definition) is 1. The first kappa shape index (κ1) is 11.4. The SMILES string of the molecule is C=CCC(C)NC1CCc2ccc(C)cc21. The lowest BCUT2D eigenvalue weighted by Gasteiger charge is -2.19. The normalized spacial score (nSPS) is 20.5. The second-order valence-electron chi connectivity index (χ2n) is 4.89. The van der Waals surface area contributed by atoms with Crippen molar-refractivity contribution in [3.8, 4) is 0 Å². The molecule has 0 radical (unpaired) electrons. The molecule has 1 aromatic rings. The maximum Gasteiger partial charge on any atom is 0.0328 e. The van der Waals surface area contributed by atoms with Crippen molar-refractivity contribution in [1.82, 2.24) is 5.32 Å². The molecule has 1 nitrogen and oxygen atoms in total. The Balaban J connectivity index is 2.10. The summed E-state index contributed by atoms with van der Waals surface area (Å²) >= 11 is 0. The van der Waals surface area contributed by atoms with E-state index in [1.54, 1.807) is 0 Å². The molecule has 1 heteroatoms. The van der Waals surface area contributed by atoms with Crippen LogP contribution in [-0.4, -0.2) is 6.04 Å². The third-order valence-corrected chi connectivity index (χ3v) is 3.39. The minimum absolute atomic E-state index is 0.522. The van der Waals surface area contributed by atoms with Crippen LogP contribution >= 0.6 is 0 Å². The third kappa shape index (κ3) is 2.35. The topological polar surface area (TPSA) is 12.0 Å². The summed E-state index contributed by atoms with van der Waals surface area (Å²) in [7, 11) is 0. The fourth-order valence-electron chi connectivity index (χ4n) is 2.56. The molecule has 1 aliphatic rings. The zero-order valence-corrected chi connectivity index (χ0v) is 10.3. The van der Waals surface area contributed by atoms with E-state index in [1.165, 1.54) is 29.5 Å². The lowest BCUT2D eigenvalue weighted by Crippen LogP contribution is -2.28. The van der Waals surface area contributed by atoms with Crippen LogP contribution in [0.15, 0.2) is 30.9 Å². The van der Waals surface area contributed by atoms with E-state index in [0.717, 1.165) is 6.42 Å². The summed E-state index contributed by atoms with van der Waals surface area (Å²) in [5.41, 5.74) is 4.40. The average molecular weight is 215 g/mol. The molecule has 0 amide bonds. The van der Waals surface area contributed by atoms with Crippen LogP contribution in [0.3, 0.4) is 0 Å². The van der Waals surface area contributed by atoms with Gasteiger partial charge in [-0.05, 0) is 44.2 Å². The first-order chi connectivity index (χ1) is 7.70. The Labute approximate surface area is 98.6 Å². The van der Waals surface area contributed by atoms with Crippen LogP contribution < -0.4 is 5.32 Å². The van der Waals surface area contributed by atoms with Crippen LogP contribution in [0, 0.1) is 6.92 Å². The highest BCUT2D eigenvalue weighted by molar-refractivity contribution is 5.37. The molecule has 0 saturated carbocycles. The van der Waals surface area contributed by atoms with Crippen LogP contribution in [0.5, 0.6) is 0 Å². The average Bonchev–Trinajstić information content (AvgIpc) is 2.61. The second kappa shape index (κ2) is 4.84. The molecule has 0 saturated heterocycles. The van der Waals surface area contributed by atoms with Gasteiger partial charge in [0.25, 0.3) is 0 Å². The van der Waals surface area contributed by atoms with E-state index in [2.05, 4.69) is 43.9 Å². The van der Waals surface area contributed by atoms with Gasteiger partial charge >= 0.3 is 0 Å². The molecule has 0 fully saturated rings. The predicted octanol–water partition coefficient (Wildman–Crippen LogP) is 3.54. The molecular formula is C15H21N. The molecule has 0 bridgehead atoms. The van der Waals surface area contributed by atoms with Gasteiger partial charge in [0.15, 0.2) is 0 Å². The van der Waals surface area contributed by atoms with Crippen molar-refractivity contribution in [1.29, 1.82) is 0 Å². The summed E-state index contributed by atoms with van der Waals surface area (Å²) in [6.07, 6.45) is 5.48. The number of fused-ring (bicyclic) bond motifs is 1. The molecule has 1 N–H and O–H groups in total.